The molecule has 3 aromatic rings. The molecule has 0 amide bonds. The molecule has 1 fully saturated rings. The van der Waals surface area contributed by atoms with Gasteiger partial charge in [0.05, 0.1) is 6.54 Å². The first-order valence-electron chi connectivity index (χ1n) is 9.05. The second-order valence-corrected chi connectivity index (χ2v) is 6.78. The average molecular weight is 369 g/mol. The Morgan fingerprint density at radius 3 is 2.81 bits per heavy atom. The Kier molecular flexibility index (Phi) is 4.44. The van der Waals surface area contributed by atoms with Gasteiger partial charge in [0.25, 0.3) is 5.56 Å². The minimum atomic E-state index is -0.472. The summed E-state index contributed by atoms with van der Waals surface area (Å²) in [4.78, 5) is 33.9. The highest BCUT2D eigenvalue weighted by atomic mass is 16.2. The van der Waals surface area contributed by atoms with Crippen molar-refractivity contribution in [3.05, 3.63) is 50.7 Å². The van der Waals surface area contributed by atoms with Crippen LogP contribution in [0.3, 0.4) is 0 Å². The third-order valence-corrected chi connectivity index (χ3v) is 4.99. The Bertz CT molecular complexity index is 1090. The lowest BCUT2D eigenvalue weighted by molar-refractivity contribution is 0.721. The third-order valence-electron chi connectivity index (χ3n) is 4.99. The molecule has 27 heavy (non-hydrogen) atoms. The first kappa shape index (κ1) is 17.3. The smallest absolute Gasteiger partial charge is 0.329 e. The van der Waals surface area contributed by atoms with Gasteiger partial charge in [-0.25, -0.2) is 4.79 Å². The Morgan fingerprint density at radius 2 is 2.00 bits per heavy atom. The molecule has 1 saturated heterocycles. The minimum absolute atomic E-state index is 0.380. The van der Waals surface area contributed by atoms with Crippen LogP contribution in [-0.2, 0) is 13.6 Å². The number of nitrogens with one attached hydrogen (secondary N) is 2. The Morgan fingerprint density at radius 1 is 1.19 bits per heavy atom. The summed E-state index contributed by atoms with van der Waals surface area (Å²) in [5.74, 6) is 0.684. The highest BCUT2D eigenvalue weighted by Crippen LogP contribution is 2.23. The molecule has 0 aliphatic carbocycles. The van der Waals surface area contributed by atoms with Gasteiger partial charge in [0.15, 0.2) is 11.2 Å². The van der Waals surface area contributed by atoms with E-state index < -0.39 is 11.2 Å². The number of aryl methyl sites for hydroxylation is 1. The van der Waals surface area contributed by atoms with Gasteiger partial charge < -0.3 is 16.0 Å². The summed E-state index contributed by atoms with van der Waals surface area (Å²) in [7, 11) is 1.61. The van der Waals surface area contributed by atoms with Crippen LogP contribution in [-0.4, -0.2) is 45.3 Å². The molecule has 0 bridgehead atoms. The maximum absolute atomic E-state index is 12.6. The number of nitrogens with two attached hydrogens (primary N) is 1. The molecule has 9 nitrogen and oxygen atoms in total. The topological polar surface area (TPSA) is 114 Å². The summed E-state index contributed by atoms with van der Waals surface area (Å²) >= 11 is 0. The van der Waals surface area contributed by atoms with Crippen LogP contribution in [0.15, 0.2) is 33.9 Å². The number of H-pyrrole nitrogens is 1. The Hall–Kier alpha value is -3.07. The third kappa shape index (κ3) is 3.10. The molecule has 0 radical (unpaired) electrons. The number of hydrogen-bond donors (Lipinski definition) is 3. The van der Waals surface area contributed by atoms with Crippen molar-refractivity contribution in [1.29, 1.82) is 0 Å². The van der Waals surface area contributed by atoms with Gasteiger partial charge in [-0.2, -0.15) is 4.98 Å². The number of benzene rings is 1. The number of hydrogen-bond acceptors (Lipinski definition) is 6. The van der Waals surface area contributed by atoms with Crippen molar-refractivity contribution < 1.29 is 0 Å². The van der Waals surface area contributed by atoms with Crippen LogP contribution in [0.4, 0.5) is 11.6 Å². The summed E-state index contributed by atoms with van der Waals surface area (Å²) in [5.41, 5.74) is 7.54. The fourth-order valence-corrected chi connectivity index (χ4v) is 3.51. The second-order valence-electron chi connectivity index (χ2n) is 6.78. The van der Waals surface area contributed by atoms with Gasteiger partial charge in [-0.05, 0) is 24.6 Å². The summed E-state index contributed by atoms with van der Waals surface area (Å²) in [6, 6.07) is 7.57. The highest BCUT2D eigenvalue weighted by Gasteiger charge is 2.22. The molecular formula is C18H23N7O2. The van der Waals surface area contributed by atoms with Crippen LogP contribution in [0.25, 0.3) is 11.2 Å². The molecule has 4 N–H and O–H groups in total. The molecule has 2 aromatic heterocycles. The van der Waals surface area contributed by atoms with Gasteiger partial charge in [0, 0.05) is 32.4 Å². The summed E-state index contributed by atoms with van der Waals surface area (Å²) in [6.45, 7) is 3.79. The van der Waals surface area contributed by atoms with E-state index >= 15 is 0 Å². The van der Waals surface area contributed by atoms with Crippen molar-refractivity contribution in [2.75, 3.05) is 36.8 Å². The molecule has 142 valence electrons. The van der Waals surface area contributed by atoms with Crippen molar-refractivity contribution in [3.8, 4) is 0 Å². The second kappa shape index (κ2) is 6.92. The number of aromatic amines is 1. The van der Waals surface area contributed by atoms with Gasteiger partial charge in [-0.15, -0.1) is 0 Å². The van der Waals surface area contributed by atoms with E-state index in [4.69, 9.17) is 5.73 Å². The van der Waals surface area contributed by atoms with E-state index in [1.807, 2.05) is 28.8 Å². The fraction of sp³-hybridized carbons (Fsp3) is 0.389. The van der Waals surface area contributed by atoms with Gasteiger partial charge >= 0.3 is 5.69 Å². The van der Waals surface area contributed by atoms with Crippen LogP contribution >= 0.6 is 0 Å². The lowest BCUT2D eigenvalue weighted by Gasteiger charge is -2.22. The Labute approximate surface area is 155 Å². The molecule has 1 aromatic carbocycles. The predicted octanol–water partition coefficient (Wildman–Crippen LogP) is -0.146. The molecule has 0 saturated carbocycles. The number of imidazole rings is 1. The van der Waals surface area contributed by atoms with E-state index in [-0.39, 0.29) is 0 Å². The van der Waals surface area contributed by atoms with Crippen molar-refractivity contribution in [2.24, 2.45) is 7.05 Å². The van der Waals surface area contributed by atoms with Crippen LogP contribution in [0.2, 0.25) is 0 Å². The largest absolute Gasteiger partial charge is 0.398 e. The summed E-state index contributed by atoms with van der Waals surface area (Å²) in [6.07, 6.45) is 0.978. The number of aromatic nitrogens is 4. The van der Waals surface area contributed by atoms with Gasteiger partial charge in [-0.3, -0.25) is 18.9 Å². The molecular weight excluding hydrogens is 346 g/mol. The average Bonchev–Trinajstić information content (AvgIpc) is 2.83. The van der Waals surface area contributed by atoms with Crippen molar-refractivity contribution in [2.45, 2.75) is 13.0 Å². The quantitative estimate of drug-likeness (QED) is 0.554. The fourth-order valence-electron chi connectivity index (χ4n) is 3.51. The maximum Gasteiger partial charge on any atom is 0.329 e. The maximum atomic E-state index is 12.6. The predicted molar refractivity (Wildman–Crippen MR) is 105 cm³/mol. The summed E-state index contributed by atoms with van der Waals surface area (Å²) < 4.78 is 3.24. The lowest BCUT2D eigenvalue weighted by Crippen LogP contribution is -2.31. The van der Waals surface area contributed by atoms with Crippen molar-refractivity contribution >= 4 is 22.8 Å². The van der Waals surface area contributed by atoms with Crippen LogP contribution in [0.1, 0.15) is 12.0 Å². The molecule has 9 heteroatoms. The molecule has 0 unspecified atom stereocenters. The zero-order valence-electron chi connectivity index (χ0n) is 15.2. The number of rotatable bonds is 3. The lowest BCUT2D eigenvalue weighted by atomic mass is 10.2. The minimum Gasteiger partial charge on any atom is -0.398 e. The van der Waals surface area contributed by atoms with Crippen molar-refractivity contribution in [3.63, 3.8) is 0 Å². The Balaban J connectivity index is 1.94. The molecule has 0 spiro atoms. The molecule has 1 aliphatic rings. The van der Waals surface area contributed by atoms with E-state index in [1.165, 1.54) is 4.57 Å². The standard InChI is InChI=1S/C18H23N7O2/c1-23-15-14(16(26)22-18(23)27)25(11-12-5-2-3-6-13(12)19)17(21-15)24-9-4-7-20-8-10-24/h2-3,5-6,20H,4,7-11,19H2,1H3,(H,22,26,27). The highest BCUT2D eigenvalue weighted by molar-refractivity contribution is 5.75. The first-order chi connectivity index (χ1) is 13.1. The molecule has 3 heterocycles. The number of nitrogens with zero attached hydrogens (tertiary/aromatic N) is 4. The van der Waals surface area contributed by atoms with Gasteiger partial charge in [0.2, 0.25) is 5.95 Å². The van der Waals surface area contributed by atoms with E-state index in [9.17, 15) is 9.59 Å². The molecule has 4 rings (SSSR count). The molecule has 0 atom stereocenters. The number of para-hydroxylation sites is 1. The molecule has 1 aliphatic heterocycles. The summed E-state index contributed by atoms with van der Waals surface area (Å²) in [5, 5.41) is 3.37. The zero-order chi connectivity index (χ0) is 19.0. The SMILES string of the molecule is Cn1c(=O)[nH]c(=O)c2c1nc(N1CCCNCC1)n2Cc1ccccc1N. The van der Waals surface area contributed by atoms with Gasteiger partial charge in [0.1, 0.15) is 0 Å². The van der Waals surface area contributed by atoms with Crippen LogP contribution in [0, 0.1) is 0 Å². The van der Waals surface area contributed by atoms with E-state index in [1.54, 1.807) is 7.05 Å². The monoisotopic (exact) mass is 369 g/mol. The van der Waals surface area contributed by atoms with E-state index in [0.717, 1.165) is 38.2 Å². The van der Waals surface area contributed by atoms with Crippen LogP contribution < -0.4 is 27.2 Å². The normalized spacial score (nSPS) is 15.2. The number of fused-ring (bicyclic) bond motifs is 1. The van der Waals surface area contributed by atoms with E-state index in [0.29, 0.717) is 29.3 Å². The van der Waals surface area contributed by atoms with Gasteiger partial charge in [-0.1, -0.05) is 18.2 Å². The van der Waals surface area contributed by atoms with E-state index in [2.05, 4.69) is 20.2 Å². The zero-order valence-corrected chi connectivity index (χ0v) is 15.2. The first-order valence-corrected chi connectivity index (χ1v) is 9.05. The number of nitrogen functional groups attached to an aromatic ring is 1. The number of anilines is 2. The van der Waals surface area contributed by atoms with Crippen molar-refractivity contribution in [1.82, 2.24) is 24.4 Å². The van der Waals surface area contributed by atoms with Crippen LogP contribution in [0.5, 0.6) is 0 Å².